The molecular weight excluding hydrogens is 194 g/mol. The van der Waals surface area contributed by atoms with Gasteiger partial charge in [0.15, 0.2) is 0 Å². The van der Waals surface area contributed by atoms with Crippen molar-refractivity contribution in [3.8, 4) is 0 Å². The molecule has 1 aliphatic carbocycles. The van der Waals surface area contributed by atoms with Gasteiger partial charge in [-0.3, -0.25) is 4.79 Å². The third-order valence-electron chi connectivity index (χ3n) is 4.78. The first-order valence-corrected chi connectivity index (χ1v) is 5.34. The fourth-order valence-corrected chi connectivity index (χ4v) is 3.24. The first-order chi connectivity index (χ1) is 6.80. The predicted molar refractivity (Wildman–Crippen MR) is 54.2 cm³/mol. The Kier molecular flexibility index (Phi) is 1.91. The van der Waals surface area contributed by atoms with Crippen molar-refractivity contribution in [2.45, 2.75) is 39.7 Å². The third-order valence-corrected chi connectivity index (χ3v) is 4.78. The SMILES string of the molecule is CC1(C)C2CCC1(C)C(C(=O)O)NC2=O. The minimum absolute atomic E-state index is 0.0295. The Labute approximate surface area is 89.0 Å². The molecular formula is C11H17NO3. The third kappa shape index (κ3) is 1.08. The lowest BCUT2D eigenvalue weighted by atomic mass is 9.59. The van der Waals surface area contributed by atoms with Gasteiger partial charge in [0.05, 0.1) is 0 Å². The number of carboxylic acids is 1. The van der Waals surface area contributed by atoms with Crippen LogP contribution in [0.15, 0.2) is 0 Å². The smallest absolute Gasteiger partial charge is 0.326 e. The number of hydrogen-bond acceptors (Lipinski definition) is 2. The highest BCUT2D eigenvalue weighted by Crippen LogP contribution is 2.59. The maximum atomic E-state index is 11.8. The molecule has 84 valence electrons. The number of piperidine rings is 1. The molecule has 4 nitrogen and oxygen atoms in total. The first kappa shape index (κ1) is 10.5. The average molecular weight is 211 g/mol. The number of carbonyl (C=O) groups is 2. The number of rotatable bonds is 1. The minimum Gasteiger partial charge on any atom is -0.480 e. The van der Waals surface area contributed by atoms with E-state index in [0.717, 1.165) is 12.8 Å². The van der Waals surface area contributed by atoms with Crippen LogP contribution in [-0.2, 0) is 9.59 Å². The molecule has 1 amide bonds. The van der Waals surface area contributed by atoms with Crippen molar-refractivity contribution in [3.05, 3.63) is 0 Å². The lowest BCUT2D eigenvalue weighted by Gasteiger charge is -2.48. The molecule has 3 unspecified atom stereocenters. The van der Waals surface area contributed by atoms with Gasteiger partial charge in [0.1, 0.15) is 6.04 Å². The van der Waals surface area contributed by atoms with Gasteiger partial charge >= 0.3 is 5.97 Å². The molecule has 0 aromatic carbocycles. The second kappa shape index (κ2) is 2.74. The van der Waals surface area contributed by atoms with E-state index in [4.69, 9.17) is 5.11 Å². The lowest BCUT2D eigenvalue weighted by molar-refractivity contribution is -0.155. The van der Waals surface area contributed by atoms with E-state index in [0.29, 0.717) is 0 Å². The summed E-state index contributed by atoms with van der Waals surface area (Å²) in [4.78, 5) is 22.9. The van der Waals surface area contributed by atoms with Crippen molar-refractivity contribution in [3.63, 3.8) is 0 Å². The molecule has 0 radical (unpaired) electrons. The van der Waals surface area contributed by atoms with E-state index < -0.39 is 12.0 Å². The topological polar surface area (TPSA) is 66.4 Å². The molecule has 2 N–H and O–H groups in total. The standard InChI is InChI=1S/C11H17NO3/c1-10(2)6-4-5-11(10,3)7(9(14)15)12-8(6)13/h6-7H,4-5H2,1-3H3,(H,12,13)(H,14,15). The van der Waals surface area contributed by atoms with Crippen LogP contribution < -0.4 is 5.32 Å². The summed E-state index contributed by atoms with van der Waals surface area (Å²) >= 11 is 0. The summed E-state index contributed by atoms with van der Waals surface area (Å²) in [5.41, 5.74) is -0.546. The van der Waals surface area contributed by atoms with E-state index in [9.17, 15) is 9.59 Å². The van der Waals surface area contributed by atoms with Gasteiger partial charge in [0.25, 0.3) is 0 Å². The maximum absolute atomic E-state index is 11.8. The largest absolute Gasteiger partial charge is 0.480 e. The summed E-state index contributed by atoms with van der Waals surface area (Å²) < 4.78 is 0. The van der Waals surface area contributed by atoms with Gasteiger partial charge in [0, 0.05) is 11.3 Å². The lowest BCUT2D eigenvalue weighted by Crippen LogP contribution is -2.62. The summed E-state index contributed by atoms with van der Waals surface area (Å²) in [6.45, 7) is 6.00. The van der Waals surface area contributed by atoms with E-state index in [1.807, 2.05) is 20.8 Å². The Morgan fingerprint density at radius 3 is 2.60 bits per heavy atom. The Bertz CT molecular complexity index is 337. The molecule has 2 aliphatic rings. The number of fused-ring (bicyclic) bond motifs is 2. The molecule has 1 aliphatic heterocycles. The monoisotopic (exact) mass is 211 g/mol. The second-order valence-electron chi connectivity index (χ2n) is 5.51. The van der Waals surface area contributed by atoms with Crippen LogP contribution >= 0.6 is 0 Å². The van der Waals surface area contributed by atoms with Crippen LogP contribution in [0.5, 0.6) is 0 Å². The number of carbonyl (C=O) groups excluding carboxylic acids is 1. The maximum Gasteiger partial charge on any atom is 0.326 e. The zero-order valence-electron chi connectivity index (χ0n) is 9.33. The zero-order chi connectivity index (χ0) is 11.4. The summed E-state index contributed by atoms with van der Waals surface area (Å²) in [6.07, 6.45) is 1.61. The quantitative estimate of drug-likeness (QED) is 0.680. The van der Waals surface area contributed by atoms with Crippen LogP contribution in [-0.4, -0.2) is 23.0 Å². The number of amides is 1. The van der Waals surface area contributed by atoms with Gasteiger partial charge in [-0.25, -0.2) is 4.79 Å². The van der Waals surface area contributed by atoms with E-state index in [-0.39, 0.29) is 22.7 Å². The molecule has 2 fully saturated rings. The number of hydrogen-bond donors (Lipinski definition) is 2. The highest BCUT2D eigenvalue weighted by molar-refractivity contribution is 5.89. The van der Waals surface area contributed by atoms with Gasteiger partial charge in [0.2, 0.25) is 5.91 Å². The van der Waals surface area contributed by atoms with Crippen LogP contribution in [0.3, 0.4) is 0 Å². The molecule has 2 rings (SSSR count). The molecule has 3 atom stereocenters. The predicted octanol–water partition coefficient (Wildman–Crippen LogP) is 1.01. The molecule has 0 aromatic heterocycles. The highest BCUT2D eigenvalue weighted by Gasteiger charge is 2.63. The van der Waals surface area contributed by atoms with Crippen LogP contribution in [0.1, 0.15) is 33.6 Å². The second-order valence-corrected chi connectivity index (χ2v) is 5.51. The normalized spacial score (nSPS) is 42.5. The average Bonchev–Trinajstić information content (AvgIpc) is 2.28. The molecule has 2 bridgehead atoms. The van der Waals surface area contributed by atoms with Crippen LogP contribution in [0, 0.1) is 16.7 Å². The van der Waals surface area contributed by atoms with E-state index >= 15 is 0 Å². The molecule has 1 saturated carbocycles. The van der Waals surface area contributed by atoms with Gasteiger partial charge in [-0.15, -0.1) is 0 Å². The van der Waals surface area contributed by atoms with Gasteiger partial charge in [-0.2, -0.15) is 0 Å². The zero-order valence-corrected chi connectivity index (χ0v) is 9.33. The summed E-state index contributed by atoms with van der Waals surface area (Å²) in [5, 5.41) is 11.8. The van der Waals surface area contributed by atoms with Crippen molar-refractivity contribution >= 4 is 11.9 Å². The summed E-state index contributed by atoms with van der Waals surface area (Å²) in [6, 6.07) is -0.737. The van der Waals surface area contributed by atoms with Gasteiger partial charge < -0.3 is 10.4 Å². The Hall–Kier alpha value is -1.06. The van der Waals surface area contributed by atoms with Crippen molar-refractivity contribution in [2.75, 3.05) is 0 Å². The molecule has 0 spiro atoms. The van der Waals surface area contributed by atoms with Crippen molar-refractivity contribution in [1.29, 1.82) is 0 Å². The molecule has 0 aromatic rings. The van der Waals surface area contributed by atoms with E-state index in [1.54, 1.807) is 0 Å². The van der Waals surface area contributed by atoms with Crippen LogP contribution in [0.2, 0.25) is 0 Å². The van der Waals surface area contributed by atoms with Gasteiger partial charge in [-0.05, 0) is 18.3 Å². The van der Waals surface area contributed by atoms with E-state index in [1.165, 1.54) is 0 Å². The molecule has 1 saturated heterocycles. The van der Waals surface area contributed by atoms with Crippen molar-refractivity contribution in [1.82, 2.24) is 5.32 Å². The number of aliphatic carboxylic acids is 1. The Morgan fingerprint density at radius 1 is 1.47 bits per heavy atom. The van der Waals surface area contributed by atoms with Crippen LogP contribution in [0.25, 0.3) is 0 Å². The van der Waals surface area contributed by atoms with Gasteiger partial charge in [-0.1, -0.05) is 20.8 Å². The Morgan fingerprint density at radius 2 is 2.07 bits per heavy atom. The number of nitrogens with one attached hydrogen (secondary N) is 1. The summed E-state index contributed by atoms with van der Waals surface area (Å²) in [7, 11) is 0. The Balaban J connectivity index is 2.48. The summed E-state index contributed by atoms with van der Waals surface area (Å²) in [5.74, 6) is -1.04. The minimum atomic E-state index is -0.917. The molecule has 1 heterocycles. The van der Waals surface area contributed by atoms with Crippen molar-refractivity contribution < 1.29 is 14.7 Å². The fraction of sp³-hybridized carbons (Fsp3) is 0.818. The fourth-order valence-electron chi connectivity index (χ4n) is 3.24. The van der Waals surface area contributed by atoms with Crippen LogP contribution in [0.4, 0.5) is 0 Å². The van der Waals surface area contributed by atoms with Crippen molar-refractivity contribution in [2.24, 2.45) is 16.7 Å². The molecule has 15 heavy (non-hydrogen) atoms. The van der Waals surface area contributed by atoms with E-state index in [2.05, 4.69) is 5.32 Å². The first-order valence-electron chi connectivity index (χ1n) is 5.34. The molecule has 4 heteroatoms. The highest BCUT2D eigenvalue weighted by atomic mass is 16.4. The number of carboxylic acid groups (broad SMARTS) is 1.